The van der Waals surface area contributed by atoms with Crippen LogP contribution in [0.4, 0.5) is 11.4 Å². The quantitative estimate of drug-likeness (QED) is 0.563. The first kappa shape index (κ1) is 17.6. The molecule has 122 valence electrons. The van der Waals surface area contributed by atoms with Gasteiger partial charge in [0.2, 0.25) is 0 Å². The van der Waals surface area contributed by atoms with Crippen molar-refractivity contribution < 1.29 is 9.72 Å². The van der Waals surface area contributed by atoms with Gasteiger partial charge in [-0.1, -0.05) is 0 Å². The average molecular weight is 446 g/mol. The topological polar surface area (TPSA) is 90.1 Å². The number of aryl methyl sites for hydroxylation is 2. The summed E-state index contributed by atoms with van der Waals surface area (Å²) >= 11 is 6.51. The zero-order valence-corrected chi connectivity index (χ0v) is 15.9. The highest BCUT2D eigenvalue weighted by molar-refractivity contribution is 9.11. The SMILES string of the molecule is CCn1nc(C)c(C(=O)Nc2c(Br)cc([N+](=O)[O-])cc2Br)c1C. The summed E-state index contributed by atoms with van der Waals surface area (Å²) in [5, 5.41) is 17.9. The first-order valence-corrected chi connectivity index (χ1v) is 8.33. The summed E-state index contributed by atoms with van der Waals surface area (Å²) in [5.41, 5.74) is 2.27. The number of nitrogens with zero attached hydrogens (tertiary/aromatic N) is 3. The molecule has 2 rings (SSSR count). The molecule has 23 heavy (non-hydrogen) atoms. The van der Waals surface area contributed by atoms with E-state index in [0.29, 0.717) is 32.4 Å². The van der Waals surface area contributed by atoms with E-state index in [1.54, 1.807) is 11.6 Å². The van der Waals surface area contributed by atoms with Crippen LogP contribution in [0, 0.1) is 24.0 Å². The van der Waals surface area contributed by atoms with Crippen molar-refractivity contribution in [3.63, 3.8) is 0 Å². The Balaban J connectivity index is 2.38. The summed E-state index contributed by atoms with van der Waals surface area (Å²) < 4.78 is 2.60. The Morgan fingerprint density at radius 2 is 1.91 bits per heavy atom. The van der Waals surface area contributed by atoms with Gasteiger partial charge in [0.1, 0.15) is 0 Å². The molecule has 0 unspecified atom stereocenters. The van der Waals surface area contributed by atoms with E-state index in [2.05, 4.69) is 42.3 Å². The number of carbonyl (C=O) groups is 1. The Labute approximate surface area is 149 Å². The molecule has 7 nitrogen and oxygen atoms in total. The van der Waals surface area contributed by atoms with E-state index in [9.17, 15) is 14.9 Å². The molecule has 0 radical (unpaired) electrons. The van der Waals surface area contributed by atoms with E-state index in [0.717, 1.165) is 5.69 Å². The van der Waals surface area contributed by atoms with Crippen molar-refractivity contribution >= 4 is 49.1 Å². The molecule has 1 heterocycles. The summed E-state index contributed by atoms with van der Waals surface area (Å²) in [7, 11) is 0. The molecule has 0 bridgehead atoms. The molecule has 0 fully saturated rings. The lowest BCUT2D eigenvalue weighted by Gasteiger charge is -2.10. The predicted octanol–water partition coefficient (Wildman–Crippen LogP) is 4.21. The minimum absolute atomic E-state index is 0.0760. The molecule has 1 aromatic heterocycles. The summed E-state index contributed by atoms with van der Waals surface area (Å²) in [6, 6.07) is 2.69. The number of non-ortho nitro benzene ring substituents is 1. The maximum atomic E-state index is 12.6. The van der Waals surface area contributed by atoms with E-state index in [4.69, 9.17) is 0 Å². The van der Waals surface area contributed by atoms with E-state index in [-0.39, 0.29) is 11.6 Å². The van der Waals surface area contributed by atoms with Crippen molar-refractivity contribution in [1.82, 2.24) is 9.78 Å². The van der Waals surface area contributed by atoms with Crippen molar-refractivity contribution in [2.24, 2.45) is 0 Å². The third-order valence-corrected chi connectivity index (χ3v) is 4.64. The molecule has 1 amide bonds. The maximum Gasteiger partial charge on any atom is 0.271 e. The number of amides is 1. The number of nitrogens with one attached hydrogen (secondary N) is 1. The number of nitro groups is 1. The van der Waals surface area contributed by atoms with Gasteiger partial charge in [-0.05, 0) is 52.6 Å². The third kappa shape index (κ3) is 3.45. The fourth-order valence-electron chi connectivity index (χ4n) is 2.29. The molecule has 9 heteroatoms. The van der Waals surface area contributed by atoms with Crippen LogP contribution >= 0.6 is 31.9 Å². The van der Waals surface area contributed by atoms with E-state index >= 15 is 0 Å². The molecule has 0 aliphatic carbocycles. The molecular weight excluding hydrogens is 432 g/mol. The van der Waals surface area contributed by atoms with Crippen LogP contribution < -0.4 is 5.32 Å². The van der Waals surface area contributed by atoms with Crippen LogP contribution in [0.3, 0.4) is 0 Å². The van der Waals surface area contributed by atoms with Crippen molar-refractivity contribution in [1.29, 1.82) is 0 Å². The number of halogens is 2. The van der Waals surface area contributed by atoms with E-state index < -0.39 is 4.92 Å². The highest BCUT2D eigenvalue weighted by Gasteiger charge is 2.21. The van der Waals surface area contributed by atoms with Gasteiger partial charge in [0.15, 0.2) is 0 Å². The molecule has 0 aliphatic heterocycles. The lowest BCUT2D eigenvalue weighted by molar-refractivity contribution is -0.385. The molecule has 2 aromatic rings. The summed E-state index contributed by atoms with van der Waals surface area (Å²) in [4.78, 5) is 22.9. The number of carbonyl (C=O) groups excluding carboxylic acids is 1. The van der Waals surface area contributed by atoms with Gasteiger partial charge in [-0.15, -0.1) is 0 Å². The molecule has 0 atom stereocenters. The van der Waals surface area contributed by atoms with Gasteiger partial charge in [-0.3, -0.25) is 19.6 Å². The Hall–Kier alpha value is -1.74. The summed E-state index contributed by atoms with van der Waals surface area (Å²) in [6.07, 6.45) is 0. The lowest BCUT2D eigenvalue weighted by Crippen LogP contribution is -2.15. The maximum absolute atomic E-state index is 12.6. The lowest BCUT2D eigenvalue weighted by atomic mass is 10.1. The largest absolute Gasteiger partial charge is 0.320 e. The van der Waals surface area contributed by atoms with Gasteiger partial charge >= 0.3 is 0 Å². The molecule has 0 spiro atoms. The number of nitro benzene ring substituents is 1. The van der Waals surface area contributed by atoms with Crippen LogP contribution in [-0.4, -0.2) is 20.6 Å². The molecule has 0 saturated heterocycles. The number of aromatic nitrogens is 2. The van der Waals surface area contributed by atoms with E-state index in [1.165, 1.54) is 12.1 Å². The average Bonchev–Trinajstić information content (AvgIpc) is 2.76. The third-order valence-electron chi connectivity index (χ3n) is 3.38. The van der Waals surface area contributed by atoms with Crippen molar-refractivity contribution in [2.45, 2.75) is 27.3 Å². The Morgan fingerprint density at radius 1 is 1.35 bits per heavy atom. The number of hydrogen-bond acceptors (Lipinski definition) is 4. The standard InChI is InChI=1S/C14H14Br2N4O3/c1-4-19-8(3)12(7(2)18-19)14(21)17-13-10(15)5-9(20(22)23)6-11(13)16/h5-6H,4H2,1-3H3,(H,17,21). The van der Waals surface area contributed by atoms with Gasteiger partial charge < -0.3 is 5.32 Å². The Kier molecular flexibility index (Phi) is 5.20. The number of benzene rings is 1. The summed E-state index contributed by atoms with van der Waals surface area (Å²) in [5.74, 6) is -0.310. The van der Waals surface area contributed by atoms with Crippen LogP contribution in [0.25, 0.3) is 0 Å². The van der Waals surface area contributed by atoms with Crippen molar-refractivity contribution in [3.8, 4) is 0 Å². The van der Waals surface area contributed by atoms with Crippen LogP contribution in [0.2, 0.25) is 0 Å². The van der Waals surface area contributed by atoms with Gasteiger partial charge in [-0.25, -0.2) is 0 Å². The second-order valence-corrected chi connectivity index (χ2v) is 6.57. The number of rotatable bonds is 4. The summed E-state index contributed by atoms with van der Waals surface area (Å²) in [6.45, 7) is 6.22. The van der Waals surface area contributed by atoms with Crippen molar-refractivity contribution in [3.05, 3.63) is 48.1 Å². The van der Waals surface area contributed by atoms with Gasteiger partial charge in [-0.2, -0.15) is 5.10 Å². The fourth-order valence-corrected chi connectivity index (χ4v) is 3.65. The second kappa shape index (κ2) is 6.79. The molecule has 1 aromatic carbocycles. The Morgan fingerprint density at radius 3 is 2.35 bits per heavy atom. The molecule has 1 N–H and O–H groups in total. The minimum atomic E-state index is -0.499. The predicted molar refractivity (Wildman–Crippen MR) is 93.8 cm³/mol. The van der Waals surface area contributed by atoms with Crippen LogP contribution in [0.5, 0.6) is 0 Å². The monoisotopic (exact) mass is 444 g/mol. The zero-order chi connectivity index (χ0) is 17.3. The van der Waals surface area contributed by atoms with Crippen LogP contribution in [-0.2, 0) is 6.54 Å². The highest BCUT2D eigenvalue weighted by atomic mass is 79.9. The van der Waals surface area contributed by atoms with Crippen LogP contribution in [0.1, 0.15) is 28.7 Å². The van der Waals surface area contributed by atoms with E-state index in [1.807, 2.05) is 13.8 Å². The molecular formula is C14H14Br2N4O3. The van der Waals surface area contributed by atoms with Crippen molar-refractivity contribution in [2.75, 3.05) is 5.32 Å². The smallest absolute Gasteiger partial charge is 0.271 e. The number of hydrogen-bond donors (Lipinski definition) is 1. The van der Waals surface area contributed by atoms with Crippen LogP contribution in [0.15, 0.2) is 21.1 Å². The van der Waals surface area contributed by atoms with Gasteiger partial charge in [0.05, 0.1) is 21.9 Å². The highest BCUT2D eigenvalue weighted by Crippen LogP contribution is 2.35. The Bertz CT molecular complexity index is 779. The van der Waals surface area contributed by atoms with Gasteiger partial charge in [0, 0.05) is 33.3 Å². The molecule has 0 aliphatic rings. The first-order valence-electron chi connectivity index (χ1n) is 6.75. The van der Waals surface area contributed by atoms with Gasteiger partial charge in [0.25, 0.3) is 11.6 Å². The molecule has 0 saturated carbocycles. The minimum Gasteiger partial charge on any atom is -0.320 e. The zero-order valence-electron chi connectivity index (χ0n) is 12.7. The fraction of sp³-hybridized carbons (Fsp3) is 0.286. The number of anilines is 1. The first-order chi connectivity index (χ1) is 10.8. The second-order valence-electron chi connectivity index (χ2n) is 4.86. The normalized spacial score (nSPS) is 10.7.